The highest BCUT2D eigenvalue weighted by atomic mass is 14.9. The Morgan fingerprint density at radius 1 is 1.25 bits per heavy atom. The van der Waals surface area contributed by atoms with Crippen LogP contribution in [0.1, 0.15) is 44.5 Å². The molecule has 1 heterocycles. The van der Waals surface area contributed by atoms with Gasteiger partial charge in [-0.1, -0.05) is 51.5 Å². The van der Waals surface area contributed by atoms with E-state index in [2.05, 4.69) is 47.2 Å². The van der Waals surface area contributed by atoms with Gasteiger partial charge in [0.1, 0.15) is 11.7 Å². The molecule has 0 aliphatic carbocycles. The van der Waals surface area contributed by atoms with Gasteiger partial charge in [0, 0.05) is 0 Å². The molecule has 3 heteroatoms. The molecule has 3 nitrogen and oxygen atoms in total. The van der Waals surface area contributed by atoms with Crippen LogP contribution in [0.25, 0.3) is 11.3 Å². The van der Waals surface area contributed by atoms with Crippen molar-refractivity contribution in [1.82, 2.24) is 9.97 Å². The number of aryl methyl sites for hydroxylation is 1. The summed E-state index contributed by atoms with van der Waals surface area (Å²) in [5.74, 6) is 0.837. The predicted octanol–water partition coefficient (Wildman–Crippen LogP) is 4.29. The maximum absolute atomic E-state index is 9.22. The second kappa shape index (κ2) is 6.38. The number of aromatic amines is 1. The van der Waals surface area contributed by atoms with E-state index < -0.39 is 0 Å². The lowest BCUT2D eigenvalue weighted by Crippen LogP contribution is -2.05. The average molecular weight is 267 g/mol. The van der Waals surface area contributed by atoms with Crippen LogP contribution in [0.5, 0.6) is 0 Å². The minimum Gasteiger partial charge on any atom is -0.341 e. The number of nitriles is 1. The molecule has 0 aliphatic heterocycles. The van der Waals surface area contributed by atoms with Crippen molar-refractivity contribution >= 4 is 0 Å². The van der Waals surface area contributed by atoms with E-state index in [0.29, 0.717) is 0 Å². The summed E-state index contributed by atoms with van der Waals surface area (Å²) in [5, 5.41) is 9.22. The number of nitrogens with zero attached hydrogens (tertiary/aromatic N) is 2. The second-order valence-electron chi connectivity index (χ2n) is 5.48. The van der Waals surface area contributed by atoms with Crippen molar-refractivity contribution in [2.75, 3.05) is 0 Å². The Hall–Kier alpha value is -2.08. The van der Waals surface area contributed by atoms with Gasteiger partial charge >= 0.3 is 0 Å². The van der Waals surface area contributed by atoms with E-state index in [9.17, 15) is 5.26 Å². The largest absolute Gasteiger partial charge is 0.341 e. The molecule has 1 aromatic carbocycles. The molecule has 1 aromatic heterocycles. The van der Waals surface area contributed by atoms with Crippen molar-refractivity contribution in [3.8, 4) is 17.3 Å². The first-order valence-corrected chi connectivity index (χ1v) is 7.19. The molecule has 0 fully saturated rings. The van der Waals surface area contributed by atoms with Crippen LogP contribution in [-0.2, 0) is 6.42 Å². The van der Waals surface area contributed by atoms with Crippen LogP contribution < -0.4 is 0 Å². The third-order valence-corrected chi connectivity index (χ3v) is 3.50. The topological polar surface area (TPSA) is 52.5 Å². The van der Waals surface area contributed by atoms with Crippen LogP contribution in [0.4, 0.5) is 0 Å². The van der Waals surface area contributed by atoms with Gasteiger partial charge in [-0.25, -0.2) is 4.98 Å². The third-order valence-electron chi connectivity index (χ3n) is 3.50. The van der Waals surface area contributed by atoms with E-state index >= 15 is 0 Å². The molecular weight excluding hydrogens is 246 g/mol. The van der Waals surface area contributed by atoms with Gasteiger partial charge < -0.3 is 4.98 Å². The lowest BCUT2D eigenvalue weighted by Gasteiger charge is -2.09. The highest BCUT2D eigenvalue weighted by molar-refractivity contribution is 5.59. The Morgan fingerprint density at radius 3 is 2.50 bits per heavy atom. The molecule has 0 amide bonds. The van der Waals surface area contributed by atoms with Crippen molar-refractivity contribution < 1.29 is 0 Å². The van der Waals surface area contributed by atoms with Gasteiger partial charge in [0.05, 0.1) is 18.0 Å². The molecule has 0 saturated heterocycles. The first kappa shape index (κ1) is 14.3. The number of nitrogens with one attached hydrogen (secondary N) is 1. The normalized spacial score (nSPS) is 12.3. The molecule has 0 radical (unpaired) electrons. The first-order valence-electron chi connectivity index (χ1n) is 7.19. The number of benzene rings is 1. The Balaban J connectivity index is 2.22. The van der Waals surface area contributed by atoms with Crippen LogP contribution in [0, 0.1) is 17.2 Å². The quantitative estimate of drug-likeness (QED) is 0.878. The number of aromatic nitrogens is 2. The summed E-state index contributed by atoms with van der Waals surface area (Å²) in [6.45, 7) is 6.26. The van der Waals surface area contributed by atoms with Gasteiger partial charge in [-0.2, -0.15) is 5.26 Å². The van der Waals surface area contributed by atoms with E-state index in [1.807, 2.05) is 20.0 Å². The zero-order valence-electron chi connectivity index (χ0n) is 12.4. The van der Waals surface area contributed by atoms with Crippen LogP contribution in [0.15, 0.2) is 30.5 Å². The molecule has 0 saturated carbocycles. The zero-order valence-corrected chi connectivity index (χ0v) is 12.4. The lowest BCUT2D eigenvalue weighted by atomic mass is 9.97. The van der Waals surface area contributed by atoms with Gasteiger partial charge in [-0.15, -0.1) is 0 Å². The maximum atomic E-state index is 9.22. The van der Waals surface area contributed by atoms with Crippen LogP contribution in [0.2, 0.25) is 0 Å². The summed E-state index contributed by atoms with van der Waals surface area (Å²) >= 11 is 0. The van der Waals surface area contributed by atoms with Crippen LogP contribution in [0.3, 0.4) is 0 Å². The number of hydrogen-bond donors (Lipinski definition) is 1. The molecule has 1 unspecified atom stereocenters. The van der Waals surface area contributed by atoms with Crippen molar-refractivity contribution in [1.29, 1.82) is 5.26 Å². The summed E-state index contributed by atoms with van der Waals surface area (Å²) < 4.78 is 0. The van der Waals surface area contributed by atoms with E-state index in [-0.39, 0.29) is 11.8 Å². The molecule has 1 atom stereocenters. The molecule has 2 rings (SSSR count). The molecule has 0 spiro atoms. The lowest BCUT2D eigenvalue weighted by molar-refractivity contribution is 0.566. The second-order valence-corrected chi connectivity index (χ2v) is 5.48. The molecule has 0 bridgehead atoms. The SMILES string of the molecule is CCCc1ccc(-c2cnc(C(C#N)C(C)C)[nH]2)cc1. The van der Waals surface area contributed by atoms with Crippen molar-refractivity contribution in [2.24, 2.45) is 5.92 Å². The van der Waals surface area contributed by atoms with Crippen LogP contribution in [-0.4, -0.2) is 9.97 Å². The summed E-state index contributed by atoms with van der Waals surface area (Å²) in [7, 11) is 0. The monoisotopic (exact) mass is 267 g/mol. The van der Waals surface area contributed by atoms with Gasteiger partial charge in [-0.3, -0.25) is 0 Å². The molecule has 20 heavy (non-hydrogen) atoms. The molecule has 104 valence electrons. The van der Waals surface area contributed by atoms with Gasteiger partial charge in [0.15, 0.2) is 0 Å². The van der Waals surface area contributed by atoms with E-state index in [4.69, 9.17) is 0 Å². The number of H-pyrrole nitrogens is 1. The Bertz CT molecular complexity index is 587. The van der Waals surface area contributed by atoms with Gasteiger partial charge in [-0.05, 0) is 23.5 Å². The zero-order chi connectivity index (χ0) is 14.5. The predicted molar refractivity (Wildman–Crippen MR) is 81.2 cm³/mol. The van der Waals surface area contributed by atoms with Gasteiger partial charge in [0.2, 0.25) is 0 Å². The summed E-state index contributed by atoms with van der Waals surface area (Å²) in [6, 6.07) is 10.8. The number of rotatable bonds is 5. The molecule has 2 aromatic rings. The smallest absolute Gasteiger partial charge is 0.124 e. The Labute approximate surface area is 120 Å². The summed E-state index contributed by atoms with van der Waals surface area (Å²) in [4.78, 5) is 7.65. The summed E-state index contributed by atoms with van der Waals surface area (Å²) in [5.41, 5.74) is 3.45. The van der Waals surface area contributed by atoms with Crippen molar-refractivity contribution in [3.63, 3.8) is 0 Å². The fraction of sp³-hybridized carbons (Fsp3) is 0.412. The minimum atomic E-state index is -0.178. The molecular formula is C17H21N3. The average Bonchev–Trinajstić information content (AvgIpc) is 2.90. The van der Waals surface area contributed by atoms with E-state index in [1.54, 1.807) is 0 Å². The van der Waals surface area contributed by atoms with E-state index in [1.165, 1.54) is 5.56 Å². The maximum Gasteiger partial charge on any atom is 0.124 e. The van der Waals surface area contributed by atoms with Crippen LogP contribution >= 0.6 is 0 Å². The molecule has 1 N–H and O–H groups in total. The Kier molecular flexibility index (Phi) is 4.57. The van der Waals surface area contributed by atoms with Gasteiger partial charge in [0.25, 0.3) is 0 Å². The fourth-order valence-corrected chi connectivity index (χ4v) is 2.31. The van der Waals surface area contributed by atoms with Crippen molar-refractivity contribution in [2.45, 2.75) is 39.5 Å². The van der Waals surface area contributed by atoms with Crippen molar-refractivity contribution in [3.05, 3.63) is 41.9 Å². The van der Waals surface area contributed by atoms with E-state index in [0.717, 1.165) is 29.9 Å². The summed E-state index contributed by atoms with van der Waals surface area (Å²) in [6.07, 6.45) is 4.08. The Morgan fingerprint density at radius 2 is 1.95 bits per heavy atom. The standard InChI is InChI=1S/C17H21N3/c1-4-5-13-6-8-14(9-7-13)16-11-19-17(20-16)15(10-18)12(2)3/h6-9,11-12,15H,4-5H2,1-3H3,(H,19,20). The highest BCUT2D eigenvalue weighted by Gasteiger charge is 2.18. The first-order chi connectivity index (χ1) is 9.65. The molecule has 0 aliphatic rings. The fourth-order valence-electron chi connectivity index (χ4n) is 2.31. The third kappa shape index (κ3) is 3.08. The highest BCUT2D eigenvalue weighted by Crippen LogP contribution is 2.24. The number of imidazole rings is 1. The minimum absolute atomic E-state index is 0.178. The number of hydrogen-bond acceptors (Lipinski definition) is 2.